The number of nitrogens with zero attached hydrogens (tertiary/aromatic N) is 2. The molecule has 0 bridgehead atoms. The Bertz CT molecular complexity index is 1880. The number of fused-ring (bicyclic) bond motifs is 1. The van der Waals surface area contributed by atoms with Crippen molar-refractivity contribution in [3.05, 3.63) is 95.1 Å². The van der Waals surface area contributed by atoms with Gasteiger partial charge in [0.1, 0.15) is 11.5 Å². The molecule has 5 rings (SSSR count). The number of carbonyl (C=O) groups is 1. The van der Waals surface area contributed by atoms with Crippen molar-refractivity contribution in [3.63, 3.8) is 0 Å². The van der Waals surface area contributed by atoms with Crippen LogP contribution in [0.1, 0.15) is 21.6 Å². The fraction of sp³-hybridized carbons (Fsp3) is 0.0769. The van der Waals surface area contributed by atoms with Gasteiger partial charge < -0.3 is 15.5 Å². The van der Waals surface area contributed by atoms with Crippen LogP contribution in [0.3, 0.4) is 0 Å². The summed E-state index contributed by atoms with van der Waals surface area (Å²) in [6.45, 7) is 1.71. The number of nitrogen functional groups attached to an aromatic ring is 1. The molecular weight excluding hydrogens is 535 g/mol. The number of aromatic amines is 1. The zero-order chi connectivity index (χ0) is 28.1. The zero-order valence-corrected chi connectivity index (χ0v) is 21.2. The van der Waals surface area contributed by atoms with Crippen molar-refractivity contribution in [2.75, 3.05) is 16.7 Å². The minimum Gasteiger partial charge on any atom is -0.451 e. The number of hydrogen-bond donors (Lipinski definition) is 3. The van der Waals surface area contributed by atoms with Gasteiger partial charge in [0.15, 0.2) is 23.1 Å². The number of para-hydroxylation sites is 1. The van der Waals surface area contributed by atoms with Crippen LogP contribution in [0.2, 0.25) is 0 Å². The number of anilines is 2. The standard InChI is InChI=1S/C26H20F3N5O4S/c1-13-9-14-10-19(32-18(14)11-17(13)33-39(2,36)37)25(35)15-12-31-34(26(15)30)20-7-8-22(24(29)23(20)28)38-21-6-4-3-5-16(21)27/h3-12,32-33H,30H2,1-2H3. The maximum Gasteiger partial charge on any atom is 0.229 e. The predicted octanol–water partition coefficient (Wildman–Crippen LogP) is 5.06. The molecule has 2 aromatic heterocycles. The van der Waals surface area contributed by atoms with Crippen LogP contribution in [0, 0.1) is 24.4 Å². The van der Waals surface area contributed by atoms with Crippen molar-refractivity contribution in [1.82, 2.24) is 14.8 Å². The van der Waals surface area contributed by atoms with Crippen LogP contribution in [0.4, 0.5) is 24.7 Å². The molecule has 0 aliphatic heterocycles. The Morgan fingerprint density at radius 3 is 2.51 bits per heavy atom. The van der Waals surface area contributed by atoms with Gasteiger partial charge in [0.2, 0.25) is 21.6 Å². The number of H-pyrrole nitrogens is 1. The van der Waals surface area contributed by atoms with Gasteiger partial charge in [0.05, 0.1) is 29.4 Å². The number of aromatic nitrogens is 3. The maximum atomic E-state index is 15.0. The van der Waals surface area contributed by atoms with Gasteiger partial charge in [-0.2, -0.15) is 9.49 Å². The summed E-state index contributed by atoms with van der Waals surface area (Å²) in [5.41, 5.74) is 7.21. The normalized spacial score (nSPS) is 11.6. The monoisotopic (exact) mass is 555 g/mol. The Hall–Kier alpha value is -4.78. The van der Waals surface area contributed by atoms with Crippen LogP contribution in [0.15, 0.2) is 60.8 Å². The minimum atomic E-state index is -3.52. The predicted molar refractivity (Wildman–Crippen MR) is 139 cm³/mol. The number of rotatable bonds is 7. The van der Waals surface area contributed by atoms with E-state index in [1.807, 2.05) is 0 Å². The SMILES string of the molecule is Cc1cc2cc(C(=O)c3cnn(-c4ccc(Oc5ccccc5F)c(F)c4F)c3N)[nH]c2cc1NS(C)(=O)=O. The number of carbonyl (C=O) groups excluding carboxylic acids is 1. The Morgan fingerprint density at radius 2 is 1.79 bits per heavy atom. The number of hydrogen-bond acceptors (Lipinski definition) is 6. The summed E-state index contributed by atoms with van der Waals surface area (Å²) >= 11 is 0. The number of halogens is 3. The highest BCUT2D eigenvalue weighted by atomic mass is 32.2. The molecule has 0 saturated heterocycles. The fourth-order valence-corrected chi connectivity index (χ4v) is 4.63. The molecule has 0 unspecified atom stereocenters. The molecule has 5 aromatic rings. The van der Waals surface area contributed by atoms with Crippen LogP contribution in [-0.2, 0) is 10.0 Å². The van der Waals surface area contributed by atoms with E-state index in [-0.39, 0.29) is 22.8 Å². The number of nitrogens with one attached hydrogen (secondary N) is 2. The average molecular weight is 556 g/mol. The van der Waals surface area contributed by atoms with Gasteiger partial charge >= 0.3 is 0 Å². The van der Waals surface area contributed by atoms with E-state index in [9.17, 15) is 26.4 Å². The molecule has 0 spiro atoms. The Morgan fingerprint density at radius 1 is 1.05 bits per heavy atom. The van der Waals surface area contributed by atoms with Crippen molar-refractivity contribution in [1.29, 1.82) is 0 Å². The van der Waals surface area contributed by atoms with E-state index in [0.29, 0.717) is 22.2 Å². The lowest BCUT2D eigenvalue weighted by Gasteiger charge is -2.11. The summed E-state index contributed by atoms with van der Waals surface area (Å²) in [7, 11) is -3.52. The Kier molecular flexibility index (Phi) is 6.30. The van der Waals surface area contributed by atoms with E-state index in [0.717, 1.165) is 35.3 Å². The third kappa shape index (κ3) is 4.91. The highest BCUT2D eigenvalue weighted by molar-refractivity contribution is 7.92. The van der Waals surface area contributed by atoms with E-state index >= 15 is 0 Å². The van der Waals surface area contributed by atoms with Gasteiger partial charge in [-0.05, 0) is 55.0 Å². The van der Waals surface area contributed by atoms with Crippen LogP contribution in [-0.4, -0.2) is 35.2 Å². The Labute approximate surface area is 220 Å². The van der Waals surface area contributed by atoms with Crippen LogP contribution >= 0.6 is 0 Å². The number of benzene rings is 3. The first-order valence-electron chi connectivity index (χ1n) is 11.3. The average Bonchev–Trinajstić information content (AvgIpc) is 3.45. The largest absolute Gasteiger partial charge is 0.451 e. The van der Waals surface area contributed by atoms with Crippen molar-refractivity contribution in [3.8, 4) is 17.2 Å². The van der Waals surface area contributed by atoms with Gasteiger partial charge in [-0.25, -0.2) is 21.9 Å². The second kappa shape index (κ2) is 9.51. The number of ketones is 1. The van der Waals surface area contributed by atoms with Gasteiger partial charge in [-0.15, -0.1) is 0 Å². The second-order valence-electron chi connectivity index (χ2n) is 8.74. The van der Waals surface area contributed by atoms with Crippen molar-refractivity contribution < 1.29 is 31.1 Å². The smallest absolute Gasteiger partial charge is 0.229 e. The highest BCUT2D eigenvalue weighted by Gasteiger charge is 2.24. The third-order valence-electron chi connectivity index (χ3n) is 5.87. The number of ether oxygens (including phenoxy) is 1. The molecule has 0 saturated carbocycles. The molecule has 4 N–H and O–H groups in total. The molecule has 3 aromatic carbocycles. The molecule has 0 atom stereocenters. The molecule has 0 radical (unpaired) electrons. The van der Waals surface area contributed by atoms with Gasteiger partial charge in [-0.1, -0.05) is 12.1 Å². The van der Waals surface area contributed by atoms with Crippen LogP contribution in [0.5, 0.6) is 11.5 Å². The molecule has 39 heavy (non-hydrogen) atoms. The second-order valence-corrected chi connectivity index (χ2v) is 10.5. The summed E-state index contributed by atoms with van der Waals surface area (Å²) in [6, 6.07) is 12.3. The summed E-state index contributed by atoms with van der Waals surface area (Å²) in [5, 5.41) is 4.60. The first-order valence-corrected chi connectivity index (χ1v) is 13.2. The quantitative estimate of drug-likeness (QED) is 0.241. The summed E-state index contributed by atoms with van der Waals surface area (Å²) in [4.78, 5) is 16.1. The lowest BCUT2D eigenvalue weighted by Crippen LogP contribution is -2.10. The molecule has 13 heteroatoms. The molecule has 2 heterocycles. The number of aryl methyl sites for hydroxylation is 1. The summed E-state index contributed by atoms with van der Waals surface area (Å²) in [5.74, 6) is -5.20. The Balaban J connectivity index is 1.46. The molecule has 0 aliphatic carbocycles. The van der Waals surface area contributed by atoms with E-state index in [1.54, 1.807) is 25.1 Å². The first-order chi connectivity index (χ1) is 18.4. The van der Waals surface area contributed by atoms with Gasteiger partial charge in [0.25, 0.3) is 0 Å². The fourth-order valence-electron chi connectivity index (χ4n) is 4.01. The van der Waals surface area contributed by atoms with Crippen LogP contribution in [0.25, 0.3) is 16.6 Å². The number of sulfonamides is 1. The highest BCUT2D eigenvalue weighted by Crippen LogP contribution is 2.32. The minimum absolute atomic E-state index is 0.0840. The van der Waals surface area contributed by atoms with Crippen molar-refractivity contribution in [2.24, 2.45) is 0 Å². The molecule has 0 fully saturated rings. The molecular formula is C26H20F3N5O4S. The third-order valence-corrected chi connectivity index (χ3v) is 6.46. The van der Waals surface area contributed by atoms with E-state index in [2.05, 4.69) is 14.8 Å². The van der Waals surface area contributed by atoms with Crippen molar-refractivity contribution >= 4 is 38.2 Å². The molecule has 200 valence electrons. The van der Waals surface area contributed by atoms with Crippen LogP contribution < -0.4 is 15.2 Å². The molecule has 0 amide bonds. The number of nitrogens with two attached hydrogens (primary N) is 1. The van der Waals surface area contributed by atoms with E-state index < -0.39 is 44.7 Å². The first kappa shape index (κ1) is 25.9. The van der Waals surface area contributed by atoms with E-state index in [1.165, 1.54) is 18.2 Å². The van der Waals surface area contributed by atoms with E-state index in [4.69, 9.17) is 10.5 Å². The molecule has 9 nitrogen and oxygen atoms in total. The lowest BCUT2D eigenvalue weighted by molar-refractivity contribution is 0.103. The van der Waals surface area contributed by atoms with Gasteiger partial charge in [0, 0.05) is 10.9 Å². The zero-order valence-electron chi connectivity index (χ0n) is 20.4. The lowest BCUT2D eigenvalue weighted by atomic mass is 10.1. The van der Waals surface area contributed by atoms with Gasteiger partial charge in [-0.3, -0.25) is 9.52 Å². The summed E-state index contributed by atoms with van der Waals surface area (Å²) in [6.07, 6.45) is 2.14. The summed E-state index contributed by atoms with van der Waals surface area (Å²) < 4.78 is 75.4. The topological polar surface area (TPSA) is 132 Å². The maximum absolute atomic E-state index is 15.0. The molecule has 0 aliphatic rings. The van der Waals surface area contributed by atoms with Crippen molar-refractivity contribution in [2.45, 2.75) is 6.92 Å².